The Balaban J connectivity index is 2.27. The first-order valence-corrected chi connectivity index (χ1v) is 7.10. The lowest BCUT2D eigenvalue weighted by molar-refractivity contribution is 0.263. The molecule has 1 aliphatic heterocycles. The van der Waals surface area contributed by atoms with Crippen LogP contribution in [0.25, 0.3) is 0 Å². The van der Waals surface area contributed by atoms with Crippen molar-refractivity contribution < 1.29 is 8.42 Å². The van der Waals surface area contributed by atoms with Gasteiger partial charge in [0.2, 0.25) is 10.0 Å². The van der Waals surface area contributed by atoms with Gasteiger partial charge in [0.05, 0.1) is 0 Å². The Labute approximate surface area is 102 Å². The highest BCUT2D eigenvalue weighted by Crippen LogP contribution is 2.17. The van der Waals surface area contributed by atoms with E-state index in [4.69, 9.17) is 0 Å². The van der Waals surface area contributed by atoms with Crippen molar-refractivity contribution in [3.63, 3.8) is 0 Å². The first-order valence-electron chi connectivity index (χ1n) is 5.66. The summed E-state index contributed by atoms with van der Waals surface area (Å²) in [5.74, 6) is 0. The lowest BCUT2D eigenvalue weighted by atomic mass is 10.2. The summed E-state index contributed by atoms with van der Waals surface area (Å²) < 4.78 is 26.2. The molecule has 1 aromatic heterocycles. The van der Waals surface area contributed by atoms with E-state index in [2.05, 4.69) is 10.3 Å². The minimum atomic E-state index is -3.40. The second-order valence-electron chi connectivity index (χ2n) is 4.48. The molecule has 5 nitrogen and oxygen atoms in total. The number of hydrogen-bond donors (Lipinski definition) is 1. The number of piperazine rings is 1. The maximum Gasteiger partial charge on any atom is 0.244 e. The van der Waals surface area contributed by atoms with E-state index in [1.807, 2.05) is 13.8 Å². The zero-order valence-electron chi connectivity index (χ0n) is 10.00. The molecule has 2 heterocycles. The van der Waals surface area contributed by atoms with Crippen molar-refractivity contribution >= 4 is 10.0 Å². The van der Waals surface area contributed by atoms with Gasteiger partial charge in [-0.1, -0.05) is 0 Å². The van der Waals surface area contributed by atoms with Gasteiger partial charge in [0.1, 0.15) is 4.90 Å². The van der Waals surface area contributed by atoms with Gasteiger partial charge < -0.3 is 5.32 Å². The van der Waals surface area contributed by atoms with Crippen molar-refractivity contribution in [2.24, 2.45) is 0 Å². The van der Waals surface area contributed by atoms with Gasteiger partial charge in [0.25, 0.3) is 0 Å². The molecular weight excluding hydrogens is 238 g/mol. The van der Waals surface area contributed by atoms with Gasteiger partial charge in [-0.15, -0.1) is 0 Å². The minimum Gasteiger partial charge on any atom is -0.309 e. The molecule has 0 aromatic carbocycles. The SMILES string of the molecule is CC1CN(S(=O)(=O)c2cccnc2)CC(C)N1. The van der Waals surface area contributed by atoms with Crippen LogP contribution >= 0.6 is 0 Å². The molecule has 17 heavy (non-hydrogen) atoms. The van der Waals surface area contributed by atoms with Crippen LogP contribution in [0.5, 0.6) is 0 Å². The van der Waals surface area contributed by atoms with Crippen LogP contribution in [0.15, 0.2) is 29.4 Å². The van der Waals surface area contributed by atoms with E-state index in [9.17, 15) is 8.42 Å². The fraction of sp³-hybridized carbons (Fsp3) is 0.545. The molecule has 2 unspecified atom stereocenters. The van der Waals surface area contributed by atoms with Gasteiger partial charge in [-0.3, -0.25) is 4.98 Å². The topological polar surface area (TPSA) is 62.3 Å². The van der Waals surface area contributed by atoms with Crippen molar-refractivity contribution in [1.82, 2.24) is 14.6 Å². The van der Waals surface area contributed by atoms with E-state index in [1.54, 1.807) is 18.3 Å². The standard InChI is InChI=1S/C11H17N3O2S/c1-9-7-14(8-10(2)13-9)17(15,16)11-4-3-5-12-6-11/h3-6,9-10,13H,7-8H2,1-2H3. The molecule has 2 rings (SSSR count). The predicted molar refractivity (Wildman–Crippen MR) is 65.1 cm³/mol. The van der Waals surface area contributed by atoms with Gasteiger partial charge in [-0.05, 0) is 26.0 Å². The molecule has 0 saturated carbocycles. The predicted octanol–water partition coefficient (Wildman–Crippen LogP) is 0.453. The van der Waals surface area contributed by atoms with Crippen molar-refractivity contribution in [3.8, 4) is 0 Å². The van der Waals surface area contributed by atoms with Gasteiger partial charge in [0.15, 0.2) is 0 Å². The van der Waals surface area contributed by atoms with Gasteiger partial charge in [-0.2, -0.15) is 4.31 Å². The highest BCUT2D eigenvalue weighted by molar-refractivity contribution is 7.89. The number of hydrogen-bond acceptors (Lipinski definition) is 4. The fourth-order valence-corrected chi connectivity index (χ4v) is 3.70. The third-order valence-electron chi connectivity index (χ3n) is 2.80. The molecule has 0 radical (unpaired) electrons. The van der Waals surface area contributed by atoms with Crippen molar-refractivity contribution in [1.29, 1.82) is 0 Å². The number of nitrogens with zero attached hydrogens (tertiary/aromatic N) is 2. The summed E-state index contributed by atoms with van der Waals surface area (Å²) in [5, 5.41) is 3.31. The van der Waals surface area contributed by atoms with Gasteiger partial charge in [0, 0.05) is 37.6 Å². The van der Waals surface area contributed by atoms with Crippen LogP contribution in [0, 0.1) is 0 Å². The second kappa shape index (κ2) is 4.72. The fourth-order valence-electron chi connectivity index (χ4n) is 2.12. The molecule has 1 fully saturated rings. The van der Waals surface area contributed by atoms with E-state index in [1.165, 1.54) is 10.5 Å². The lowest BCUT2D eigenvalue weighted by Gasteiger charge is -2.35. The zero-order chi connectivity index (χ0) is 12.5. The average Bonchev–Trinajstić information content (AvgIpc) is 2.29. The second-order valence-corrected chi connectivity index (χ2v) is 6.42. The molecule has 94 valence electrons. The Morgan fingerprint density at radius 2 is 2.00 bits per heavy atom. The van der Waals surface area contributed by atoms with Crippen LogP contribution in [-0.4, -0.2) is 42.9 Å². The van der Waals surface area contributed by atoms with Crippen LogP contribution in [0.2, 0.25) is 0 Å². The van der Waals surface area contributed by atoms with Crippen molar-refractivity contribution in [2.45, 2.75) is 30.8 Å². The zero-order valence-corrected chi connectivity index (χ0v) is 10.8. The highest BCUT2D eigenvalue weighted by atomic mass is 32.2. The number of rotatable bonds is 2. The summed E-state index contributed by atoms with van der Waals surface area (Å²) in [5.41, 5.74) is 0. The largest absolute Gasteiger partial charge is 0.309 e. The van der Waals surface area contributed by atoms with Crippen LogP contribution in [0.4, 0.5) is 0 Å². The van der Waals surface area contributed by atoms with E-state index in [0.29, 0.717) is 13.1 Å². The summed E-state index contributed by atoms with van der Waals surface area (Å²) in [6, 6.07) is 3.57. The number of nitrogens with one attached hydrogen (secondary N) is 1. The van der Waals surface area contributed by atoms with E-state index in [-0.39, 0.29) is 17.0 Å². The maximum absolute atomic E-state index is 12.3. The van der Waals surface area contributed by atoms with E-state index >= 15 is 0 Å². The van der Waals surface area contributed by atoms with Crippen LogP contribution in [0.1, 0.15) is 13.8 Å². The first-order chi connectivity index (χ1) is 8.00. The molecule has 6 heteroatoms. The van der Waals surface area contributed by atoms with Gasteiger partial charge in [-0.25, -0.2) is 8.42 Å². The Hall–Kier alpha value is -0.980. The quantitative estimate of drug-likeness (QED) is 0.833. The smallest absolute Gasteiger partial charge is 0.244 e. The molecule has 1 N–H and O–H groups in total. The molecular formula is C11H17N3O2S. The van der Waals surface area contributed by atoms with Crippen LogP contribution in [-0.2, 0) is 10.0 Å². The number of sulfonamides is 1. The molecule has 1 aliphatic rings. The molecule has 0 aliphatic carbocycles. The summed E-state index contributed by atoms with van der Waals surface area (Å²) in [6.07, 6.45) is 2.97. The monoisotopic (exact) mass is 255 g/mol. The minimum absolute atomic E-state index is 0.171. The summed E-state index contributed by atoms with van der Waals surface area (Å²) in [6.45, 7) is 4.98. The molecule has 1 saturated heterocycles. The summed E-state index contributed by atoms with van der Waals surface area (Å²) >= 11 is 0. The molecule has 0 spiro atoms. The summed E-state index contributed by atoms with van der Waals surface area (Å²) in [4.78, 5) is 4.13. The van der Waals surface area contributed by atoms with Crippen molar-refractivity contribution in [3.05, 3.63) is 24.5 Å². The van der Waals surface area contributed by atoms with E-state index < -0.39 is 10.0 Å². The Morgan fingerprint density at radius 1 is 1.35 bits per heavy atom. The highest BCUT2D eigenvalue weighted by Gasteiger charge is 2.31. The summed E-state index contributed by atoms with van der Waals surface area (Å²) in [7, 11) is -3.40. The van der Waals surface area contributed by atoms with Crippen LogP contribution in [0.3, 0.4) is 0 Å². The molecule has 2 atom stereocenters. The van der Waals surface area contributed by atoms with Crippen molar-refractivity contribution in [2.75, 3.05) is 13.1 Å². The number of aromatic nitrogens is 1. The molecule has 0 bridgehead atoms. The Morgan fingerprint density at radius 3 is 2.53 bits per heavy atom. The third-order valence-corrected chi connectivity index (χ3v) is 4.61. The Kier molecular flexibility index (Phi) is 3.46. The Bertz CT molecular complexity index is 465. The van der Waals surface area contributed by atoms with E-state index in [0.717, 1.165) is 0 Å². The molecule has 0 amide bonds. The maximum atomic E-state index is 12.3. The van der Waals surface area contributed by atoms with Crippen LogP contribution < -0.4 is 5.32 Å². The lowest BCUT2D eigenvalue weighted by Crippen LogP contribution is -2.55. The average molecular weight is 255 g/mol. The number of pyridine rings is 1. The molecule has 1 aromatic rings. The normalized spacial score (nSPS) is 26.9. The first kappa shape index (κ1) is 12.5. The third kappa shape index (κ3) is 2.65. The van der Waals surface area contributed by atoms with Gasteiger partial charge >= 0.3 is 0 Å².